The van der Waals surface area contributed by atoms with Crippen LogP contribution in [0.15, 0.2) is 0 Å². The lowest BCUT2D eigenvalue weighted by Gasteiger charge is -2.13. The molecule has 0 saturated carbocycles. The predicted octanol–water partition coefficient (Wildman–Crippen LogP) is 1.71. The number of hydrogen-bond acceptors (Lipinski definition) is 2. The molecule has 82 valence electrons. The molecule has 1 aliphatic heterocycles. The largest absolute Gasteiger partial charge is 0.326 e. The first-order valence-corrected chi connectivity index (χ1v) is 4.72. The van der Waals surface area contributed by atoms with Crippen LogP contribution in [0.5, 0.6) is 0 Å². The van der Waals surface area contributed by atoms with Crippen LogP contribution < -0.4 is 0 Å². The summed E-state index contributed by atoms with van der Waals surface area (Å²) in [7, 11) is 1.65. The highest BCUT2D eigenvalue weighted by molar-refractivity contribution is 6.01. The number of nitrogens with zero attached hydrogens (tertiary/aromatic N) is 2. The highest BCUT2D eigenvalue weighted by atomic mass is 16.2. The quantitative estimate of drug-likeness (QED) is 0.512. The molecular formula is C10H20N2O2. The summed E-state index contributed by atoms with van der Waals surface area (Å²) >= 11 is 0. The van der Waals surface area contributed by atoms with Crippen molar-refractivity contribution < 1.29 is 9.59 Å². The van der Waals surface area contributed by atoms with E-state index in [2.05, 4.69) is 6.92 Å². The Bertz CT molecular complexity index is 216. The summed E-state index contributed by atoms with van der Waals surface area (Å²) in [5.74, 6) is -0.0661. The molecule has 0 aromatic heterocycles. The number of rotatable bonds is 4. The van der Waals surface area contributed by atoms with E-state index in [4.69, 9.17) is 0 Å². The highest BCUT2D eigenvalue weighted by Crippen LogP contribution is 2.09. The van der Waals surface area contributed by atoms with Gasteiger partial charge in [0.2, 0.25) is 5.91 Å². The molecule has 1 aliphatic rings. The summed E-state index contributed by atoms with van der Waals surface area (Å²) in [6, 6.07) is -0.152. The van der Waals surface area contributed by atoms with Gasteiger partial charge in [-0.3, -0.25) is 9.69 Å². The first-order chi connectivity index (χ1) is 6.16. The molecule has 0 unspecified atom stereocenters. The summed E-state index contributed by atoms with van der Waals surface area (Å²) < 4.78 is 0. The van der Waals surface area contributed by atoms with Crippen LogP contribution >= 0.6 is 0 Å². The van der Waals surface area contributed by atoms with Crippen LogP contribution in [0.3, 0.4) is 0 Å². The Morgan fingerprint density at radius 2 is 1.93 bits per heavy atom. The number of carbonyl (C=O) groups is 2. The van der Waals surface area contributed by atoms with Gasteiger partial charge in [0.05, 0.1) is 0 Å². The van der Waals surface area contributed by atoms with Crippen LogP contribution in [-0.4, -0.2) is 41.9 Å². The van der Waals surface area contributed by atoms with Crippen LogP contribution in [0.2, 0.25) is 0 Å². The molecule has 0 atom stereocenters. The number of unbranched alkanes of at least 4 members (excludes halogenated alkanes) is 2. The van der Waals surface area contributed by atoms with E-state index in [1.165, 1.54) is 9.80 Å². The Kier molecular flexibility index (Phi) is 5.20. The van der Waals surface area contributed by atoms with E-state index in [-0.39, 0.29) is 25.9 Å². The zero-order valence-electron chi connectivity index (χ0n) is 8.25. The minimum absolute atomic E-state index is 0. The van der Waals surface area contributed by atoms with Crippen molar-refractivity contribution >= 4 is 11.9 Å². The maximum Gasteiger partial charge on any atom is 0.326 e. The molecule has 0 aliphatic carbocycles. The fourth-order valence-electron chi connectivity index (χ4n) is 1.41. The van der Waals surface area contributed by atoms with E-state index in [1.54, 1.807) is 7.05 Å². The van der Waals surface area contributed by atoms with Crippen molar-refractivity contribution in [2.24, 2.45) is 0 Å². The topological polar surface area (TPSA) is 40.6 Å². The van der Waals surface area contributed by atoms with E-state index in [9.17, 15) is 9.59 Å². The van der Waals surface area contributed by atoms with Crippen LogP contribution in [-0.2, 0) is 4.79 Å². The lowest BCUT2D eigenvalue weighted by Crippen LogP contribution is -2.32. The molecule has 3 amide bonds. The number of imide groups is 1. The first kappa shape index (κ1) is 12.9. The van der Waals surface area contributed by atoms with Crippen molar-refractivity contribution in [1.82, 2.24) is 9.80 Å². The van der Waals surface area contributed by atoms with Crippen LogP contribution in [0, 0.1) is 0 Å². The Balaban J connectivity index is 0.00000169. The summed E-state index contributed by atoms with van der Waals surface area (Å²) in [4.78, 5) is 25.4. The van der Waals surface area contributed by atoms with Gasteiger partial charge in [-0.05, 0) is 6.42 Å². The summed E-state index contributed by atoms with van der Waals surface area (Å²) in [5, 5.41) is 0. The third kappa shape index (κ3) is 2.72. The number of amides is 3. The Morgan fingerprint density at radius 1 is 1.29 bits per heavy atom. The summed E-state index contributed by atoms with van der Waals surface area (Å²) in [5.41, 5.74) is 0. The molecule has 0 aromatic carbocycles. The molecule has 4 heteroatoms. The fraction of sp³-hybridized carbons (Fsp3) is 0.800. The van der Waals surface area contributed by atoms with Crippen molar-refractivity contribution in [3.05, 3.63) is 0 Å². The van der Waals surface area contributed by atoms with Crippen molar-refractivity contribution in [3.8, 4) is 0 Å². The maximum absolute atomic E-state index is 11.3. The first-order valence-electron chi connectivity index (χ1n) is 4.72. The summed E-state index contributed by atoms with van der Waals surface area (Å²) in [6.07, 6.45) is 3.09. The van der Waals surface area contributed by atoms with Crippen molar-refractivity contribution in [2.75, 3.05) is 20.1 Å². The van der Waals surface area contributed by atoms with Gasteiger partial charge in [-0.1, -0.05) is 27.2 Å². The van der Waals surface area contributed by atoms with E-state index < -0.39 is 0 Å². The molecular weight excluding hydrogens is 180 g/mol. The zero-order valence-corrected chi connectivity index (χ0v) is 8.25. The van der Waals surface area contributed by atoms with Gasteiger partial charge in [-0.15, -0.1) is 0 Å². The molecule has 1 rings (SSSR count). The fourth-order valence-corrected chi connectivity index (χ4v) is 1.41. The van der Waals surface area contributed by atoms with Crippen molar-refractivity contribution in [3.63, 3.8) is 0 Å². The van der Waals surface area contributed by atoms with Crippen molar-refractivity contribution in [2.45, 2.75) is 33.6 Å². The standard InChI is InChI=1S/C9H16N2O2.CH4/c1-3-4-5-6-11-8(12)7-10(2)9(11)13;/h3-7H2,1-2H3;1H4. The Hall–Kier alpha value is -1.06. The third-order valence-corrected chi connectivity index (χ3v) is 2.22. The molecule has 0 bridgehead atoms. The zero-order chi connectivity index (χ0) is 9.84. The smallest absolute Gasteiger partial charge is 0.318 e. The minimum Gasteiger partial charge on any atom is -0.318 e. The number of likely N-dealkylation sites (N-methyl/N-ethyl adjacent to an activating group) is 1. The average molecular weight is 200 g/mol. The van der Waals surface area contributed by atoms with Crippen LogP contribution in [0.25, 0.3) is 0 Å². The molecule has 1 heterocycles. The summed E-state index contributed by atoms with van der Waals surface area (Å²) in [6.45, 7) is 2.92. The average Bonchev–Trinajstić information content (AvgIpc) is 2.32. The van der Waals surface area contributed by atoms with Crippen LogP contribution in [0.4, 0.5) is 4.79 Å². The molecule has 0 spiro atoms. The van der Waals surface area contributed by atoms with E-state index >= 15 is 0 Å². The normalized spacial score (nSPS) is 16.1. The van der Waals surface area contributed by atoms with E-state index in [0.29, 0.717) is 6.54 Å². The minimum atomic E-state index is -0.152. The molecule has 0 radical (unpaired) electrons. The molecule has 1 fully saturated rings. The van der Waals surface area contributed by atoms with Gasteiger partial charge in [0, 0.05) is 13.6 Å². The lowest BCUT2D eigenvalue weighted by atomic mass is 10.2. The molecule has 0 aromatic rings. The monoisotopic (exact) mass is 200 g/mol. The van der Waals surface area contributed by atoms with Gasteiger partial charge in [0.25, 0.3) is 0 Å². The van der Waals surface area contributed by atoms with E-state index in [1.807, 2.05) is 0 Å². The number of hydrogen-bond donors (Lipinski definition) is 0. The predicted molar refractivity (Wildman–Crippen MR) is 56.0 cm³/mol. The second-order valence-corrected chi connectivity index (χ2v) is 3.39. The molecule has 4 nitrogen and oxygen atoms in total. The van der Waals surface area contributed by atoms with Crippen LogP contribution in [0.1, 0.15) is 33.6 Å². The van der Waals surface area contributed by atoms with Crippen molar-refractivity contribution in [1.29, 1.82) is 0 Å². The van der Waals surface area contributed by atoms with E-state index in [0.717, 1.165) is 19.3 Å². The highest BCUT2D eigenvalue weighted by Gasteiger charge is 2.32. The number of carbonyl (C=O) groups excluding carboxylic acids is 2. The Morgan fingerprint density at radius 3 is 2.36 bits per heavy atom. The Labute approximate surface area is 85.9 Å². The van der Waals surface area contributed by atoms with Gasteiger partial charge in [-0.25, -0.2) is 4.79 Å². The van der Waals surface area contributed by atoms with Gasteiger partial charge in [0.15, 0.2) is 0 Å². The van der Waals surface area contributed by atoms with Gasteiger partial charge in [-0.2, -0.15) is 0 Å². The van der Waals surface area contributed by atoms with Gasteiger partial charge >= 0.3 is 6.03 Å². The SMILES string of the molecule is C.CCCCCN1C(=O)CN(C)C1=O. The molecule has 1 saturated heterocycles. The maximum atomic E-state index is 11.3. The lowest BCUT2D eigenvalue weighted by molar-refractivity contribution is -0.125. The second-order valence-electron chi connectivity index (χ2n) is 3.39. The van der Waals surface area contributed by atoms with Gasteiger partial charge < -0.3 is 4.90 Å². The number of urea groups is 1. The molecule has 14 heavy (non-hydrogen) atoms. The second kappa shape index (κ2) is 5.62. The molecule has 0 N–H and O–H groups in total. The van der Waals surface area contributed by atoms with Gasteiger partial charge in [0.1, 0.15) is 6.54 Å². The third-order valence-electron chi connectivity index (χ3n) is 2.22.